The molecule has 1 aromatic rings. The van der Waals surface area contributed by atoms with Gasteiger partial charge in [0.05, 0.1) is 41.4 Å². The van der Waals surface area contributed by atoms with Gasteiger partial charge in [-0.25, -0.2) is 4.90 Å². The van der Waals surface area contributed by atoms with Crippen molar-refractivity contribution < 1.29 is 42.1 Å². The first-order valence-corrected chi connectivity index (χ1v) is 9.68. The number of amides is 2. The number of halogens is 3. The Hall–Kier alpha value is -2.66. The van der Waals surface area contributed by atoms with Crippen molar-refractivity contribution in [1.82, 2.24) is 0 Å². The van der Waals surface area contributed by atoms with E-state index in [0.29, 0.717) is 11.0 Å². The first-order valence-electron chi connectivity index (χ1n) is 9.68. The van der Waals surface area contributed by atoms with Gasteiger partial charge in [0.15, 0.2) is 0 Å². The van der Waals surface area contributed by atoms with Crippen LogP contribution in [0, 0.1) is 11.8 Å². The van der Waals surface area contributed by atoms with Gasteiger partial charge in [-0.1, -0.05) is 0 Å². The van der Waals surface area contributed by atoms with Crippen LogP contribution in [-0.4, -0.2) is 46.8 Å². The van der Waals surface area contributed by atoms with Crippen molar-refractivity contribution in [3.8, 4) is 0 Å². The monoisotopic (exact) mass is 442 g/mol. The minimum atomic E-state index is -4.77. The molecule has 5 atom stereocenters. The lowest BCUT2D eigenvalue weighted by Gasteiger charge is -2.33. The highest BCUT2D eigenvalue weighted by Crippen LogP contribution is 2.62. The van der Waals surface area contributed by atoms with E-state index in [1.807, 2.05) is 0 Å². The minimum absolute atomic E-state index is 0.0360. The zero-order valence-corrected chi connectivity index (χ0v) is 16.7. The smallest absolute Gasteiger partial charge is 0.418 e. The fourth-order valence-corrected chi connectivity index (χ4v) is 5.18. The van der Waals surface area contributed by atoms with Crippen LogP contribution in [-0.2, 0) is 30.0 Å². The summed E-state index contributed by atoms with van der Waals surface area (Å²) in [5, 5.41) is 10.6. The summed E-state index contributed by atoms with van der Waals surface area (Å²) in [6, 6.07) is 2.83. The lowest BCUT2D eigenvalue weighted by molar-refractivity contribution is -0.144. The van der Waals surface area contributed by atoms with E-state index >= 15 is 0 Å². The molecule has 8 nitrogen and oxygen atoms in total. The summed E-state index contributed by atoms with van der Waals surface area (Å²) in [7, 11) is 0. The third-order valence-electron chi connectivity index (χ3n) is 6.55. The largest absolute Gasteiger partial charge is 0.466 e. The highest BCUT2D eigenvalue weighted by atomic mass is 19.4. The maximum atomic E-state index is 13.3. The first-order chi connectivity index (χ1) is 14.3. The fraction of sp³-hybridized carbons (Fsp3) is 0.550. The molecule has 31 heavy (non-hydrogen) atoms. The molecule has 168 valence electrons. The summed E-state index contributed by atoms with van der Waals surface area (Å²) in [4.78, 5) is 38.4. The number of carbonyl (C=O) groups excluding carboxylic acids is 3. The van der Waals surface area contributed by atoms with E-state index in [0.717, 1.165) is 6.07 Å². The van der Waals surface area contributed by atoms with E-state index in [4.69, 9.17) is 15.2 Å². The minimum Gasteiger partial charge on any atom is -0.466 e. The number of rotatable bonds is 4. The van der Waals surface area contributed by atoms with Crippen molar-refractivity contribution in [2.75, 3.05) is 17.2 Å². The molecule has 11 heteroatoms. The molecule has 0 aliphatic carbocycles. The molecule has 3 aliphatic rings. The number of imide groups is 1. The Morgan fingerprint density at radius 2 is 1.97 bits per heavy atom. The van der Waals surface area contributed by atoms with Crippen molar-refractivity contribution in [2.45, 2.75) is 50.2 Å². The molecule has 2 bridgehead atoms. The molecule has 0 spiro atoms. The predicted molar refractivity (Wildman–Crippen MR) is 99.4 cm³/mol. The summed E-state index contributed by atoms with van der Waals surface area (Å²) in [6.45, 7) is 2.63. The summed E-state index contributed by atoms with van der Waals surface area (Å²) in [5.74, 6) is -4.09. The van der Waals surface area contributed by atoms with Crippen LogP contribution in [0.5, 0.6) is 0 Å². The van der Waals surface area contributed by atoms with Crippen molar-refractivity contribution in [1.29, 1.82) is 0 Å². The van der Waals surface area contributed by atoms with Gasteiger partial charge < -0.3 is 20.3 Å². The topological polar surface area (TPSA) is 119 Å². The second-order valence-corrected chi connectivity index (χ2v) is 8.40. The maximum Gasteiger partial charge on any atom is 0.418 e. The third-order valence-corrected chi connectivity index (χ3v) is 6.55. The van der Waals surface area contributed by atoms with Crippen LogP contribution >= 0.6 is 0 Å². The molecule has 0 radical (unpaired) electrons. The van der Waals surface area contributed by atoms with E-state index in [2.05, 4.69) is 0 Å². The molecule has 3 aliphatic heterocycles. The van der Waals surface area contributed by atoms with E-state index in [9.17, 15) is 32.7 Å². The van der Waals surface area contributed by atoms with Gasteiger partial charge >= 0.3 is 12.1 Å². The lowest BCUT2D eigenvalue weighted by Crippen LogP contribution is -2.49. The van der Waals surface area contributed by atoms with Crippen LogP contribution in [0.2, 0.25) is 0 Å². The quantitative estimate of drug-likeness (QED) is 0.413. The van der Waals surface area contributed by atoms with E-state index < -0.39 is 64.4 Å². The number of alkyl halides is 3. The molecule has 3 fully saturated rings. The molecule has 4 unspecified atom stereocenters. The van der Waals surface area contributed by atoms with Gasteiger partial charge in [-0.15, -0.1) is 0 Å². The molecule has 3 N–H and O–H groups in total. The zero-order chi connectivity index (χ0) is 22.9. The Morgan fingerprint density at radius 1 is 1.32 bits per heavy atom. The van der Waals surface area contributed by atoms with Crippen LogP contribution in [0.4, 0.5) is 24.5 Å². The molecule has 3 heterocycles. The number of benzene rings is 1. The molecule has 0 saturated carbocycles. The summed E-state index contributed by atoms with van der Waals surface area (Å²) >= 11 is 0. The molecule has 4 rings (SSSR count). The molecular weight excluding hydrogens is 421 g/mol. The van der Waals surface area contributed by atoms with Crippen LogP contribution in [0.1, 0.15) is 32.3 Å². The van der Waals surface area contributed by atoms with Crippen molar-refractivity contribution in [2.24, 2.45) is 11.8 Å². The number of hydrogen-bond acceptors (Lipinski definition) is 7. The Morgan fingerprint density at radius 3 is 2.58 bits per heavy atom. The van der Waals surface area contributed by atoms with Crippen molar-refractivity contribution in [3.63, 3.8) is 0 Å². The second kappa shape index (κ2) is 6.67. The lowest BCUT2D eigenvalue weighted by atomic mass is 9.66. The van der Waals surface area contributed by atoms with E-state index in [1.54, 1.807) is 0 Å². The number of ether oxygens (including phenoxy) is 2. The normalized spacial score (nSPS) is 34.4. The van der Waals surface area contributed by atoms with Gasteiger partial charge in [0.2, 0.25) is 11.8 Å². The second-order valence-electron chi connectivity index (χ2n) is 8.40. The fourth-order valence-electron chi connectivity index (χ4n) is 5.18. The molecule has 2 amide bonds. The number of anilines is 2. The van der Waals surface area contributed by atoms with E-state index in [1.165, 1.54) is 19.9 Å². The number of aliphatic hydroxyl groups is 1. The predicted octanol–water partition coefficient (Wildman–Crippen LogP) is 1.64. The Kier molecular flexibility index (Phi) is 4.64. The van der Waals surface area contributed by atoms with Gasteiger partial charge in [-0.3, -0.25) is 14.4 Å². The van der Waals surface area contributed by atoms with Crippen molar-refractivity contribution >= 4 is 29.2 Å². The number of nitrogens with zero attached hydrogens (tertiary/aromatic N) is 1. The number of hydrogen-bond donors (Lipinski definition) is 2. The first kappa shape index (κ1) is 21.6. The van der Waals surface area contributed by atoms with Crippen LogP contribution in [0.25, 0.3) is 0 Å². The number of aliphatic hydroxyl groups excluding tert-OH is 1. The Bertz CT molecular complexity index is 982. The van der Waals surface area contributed by atoms with Gasteiger partial charge in [-0.2, -0.15) is 13.2 Å². The molecule has 1 aromatic carbocycles. The average Bonchev–Trinajstić information content (AvgIpc) is 3.17. The summed E-state index contributed by atoms with van der Waals surface area (Å²) in [6.07, 6.45) is -5.74. The standard InChI is InChI=1S/C20H21F3N2O6/c1-9(26)30-6-5-19-8-13(27)18(2,31-19)14-15(19)17(29)25(16(14)28)10-3-4-12(24)11(7-10)20(21,22)23/h3-4,7,13-15,27H,5-6,8,24H2,1-2H3/t13?,14-,15?,18?,19?/m0/s1. The van der Waals surface area contributed by atoms with Gasteiger partial charge in [0.1, 0.15) is 5.60 Å². The summed E-state index contributed by atoms with van der Waals surface area (Å²) < 4.78 is 50.8. The van der Waals surface area contributed by atoms with Crippen LogP contribution in [0.3, 0.4) is 0 Å². The van der Waals surface area contributed by atoms with Crippen molar-refractivity contribution in [3.05, 3.63) is 23.8 Å². The average molecular weight is 442 g/mol. The number of nitrogens with two attached hydrogens (primary N) is 1. The molecular formula is C20H21F3N2O6. The Labute approximate surface area is 175 Å². The summed E-state index contributed by atoms with van der Waals surface area (Å²) in [5.41, 5.74) is 0.838. The van der Waals surface area contributed by atoms with Gasteiger partial charge in [0, 0.05) is 25.5 Å². The highest BCUT2D eigenvalue weighted by molar-refractivity contribution is 6.23. The number of fused-ring (bicyclic) bond motifs is 5. The number of carbonyl (C=O) groups is 3. The number of esters is 1. The molecule has 0 aromatic heterocycles. The zero-order valence-electron chi connectivity index (χ0n) is 16.7. The number of nitrogen functional groups attached to an aromatic ring is 1. The van der Waals surface area contributed by atoms with Crippen LogP contribution in [0.15, 0.2) is 18.2 Å². The van der Waals surface area contributed by atoms with Gasteiger partial charge in [0.25, 0.3) is 0 Å². The van der Waals surface area contributed by atoms with Crippen LogP contribution < -0.4 is 10.6 Å². The van der Waals surface area contributed by atoms with Gasteiger partial charge in [-0.05, 0) is 25.1 Å². The maximum absolute atomic E-state index is 13.3. The highest BCUT2D eigenvalue weighted by Gasteiger charge is 2.77. The SMILES string of the molecule is CC(=O)OCCC12CC(O)C(C)(O1)[C@@H]1C(=O)N(c3ccc(N)c(C(F)(F)F)c3)C(=O)C12. The van der Waals surface area contributed by atoms with E-state index in [-0.39, 0.29) is 25.1 Å². The molecule has 3 saturated heterocycles. The third kappa shape index (κ3) is 3.01. The Balaban J connectivity index is 1.73.